The summed E-state index contributed by atoms with van der Waals surface area (Å²) in [6, 6.07) is -1.06. The summed E-state index contributed by atoms with van der Waals surface area (Å²) in [6.07, 6.45) is 3.94. The number of esters is 1. The van der Waals surface area contributed by atoms with E-state index >= 15 is 0 Å². The van der Waals surface area contributed by atoms with E-state index in [1.807, 2.05) is 6.92 Å². The first-order chi connectivity index (χ1) is 13.5. The first-order valence-corrected chi connectivity index (χ1v) is 11.4. The van der Waals surface area contributed by atoms with Crippen LogP contribution >= 0.6 is 11.8 Å². The molecule has 0 aromatic rings. The van der Waals surface area contributed by atoms with Crippen LogP contribution in [0.4, 0.5) is 0 Å². The highest BCUT2D eigenvalue weighted by Crippen LogP contribution is 2.66. The second-order valence-electron chi connectivity index (χ2n) is 7.94. The summed E-state index contributed by atoms with van der Waals surface area (Å²) in [6.45, 7) is 6.38. The van der Waals surface area contributed by atoms with Crippen LogP contribution in [0.25, 0.3) is 0 Å². The van der Waals surface area contributed by atoms with E-state index < -0.39 is 28.7 Å². The molecule has 1 spiro atoms. The Balaban J connectivity index is 1.97. The van der Waals surface area contributed by atoms with Crippen molar-refractivity contribution in [3.05, 3.63) is 0 Å². The van der Waals surface area contributed by atoms with Crippen molar-refractivity contribution in [3.63, 3.8) is 0 Å². The zero-order valence-corrected chi connectivity index (χ0v) is 17.8. The number of unbranched alkanes of at least 4 members (excludes halogenated alkanes) is 1. The van der Waals surface area contributed by atoms with Crippen molar-refractivity contribution in [2.45, 2.75) is 75.0 Å². The molecule has 6 atom stereocenters. The van der Waals surface area contributed by atoms with Gasteiger partial charge < -0.3 is 20.1 Å². The third-order valence-corrected chi connectivity index (χ3v) is 8.40. The monoisotopic (exact) mass is 412 g/mol. The van der Waals surface area contributed by atoms with Gasteiger partial charge in [0.15, 0.2) is 0 Å². The SMILES string of the molecule is CCCCNC(=O)C1N([C@@H](CC)CO)C(=O)[C@@H]2[C@@H](C(=O)OCC)[C@H]3CCC12S3. The fourth-order valence-corrected chi connectivity index (χ4v) is 7.38. The van der Waals surface area contributed by atoms with Crippen LogP contribution in [-0.2, 0) is 19.1 Å². The lowest BCUT2D eigenvalue weighted by Crippen LogP contribution is -2.56. The smallest absolute Gasteiger partial charge is 0.310 e. The number of rotatable bonds is 9. The topological polar surface area (TPSA) is 95.9 Å². The molecule has 3 aliphatic heterocycles. The summed E-state index contributed by atoms with van der Waals surface area (Å²) >= 11 is 1.63. The predicted octanol–water partition coefficient (Wildman–Crippen LogP) is 1.33. The number of nitrogens with zero attached hydrogens (tertiary/aromatic N) is 1. The maximum atomic E-state index is 13.5. The van der Waals surface area contributed by atoms with E-state index in [0.29, 0.717) is 13.0 Å². The van der Waals surface area contributed by atoms with Gasteiger partial charge in [0.1, 0.15) is 6.04 Å². The van der Waals surface area contributed by atoms with E-state index in [2.05, 4.69) is 12.2 Å². The molecule has 3 rings (SSSR count). The summed E-state index contributed by atoms with van der Waals surface area (Å²) < 4.78 is 4.68. The zero-order chi connectivity index (χ0) is 20.5. The van der Waals surface area contributed by atoms with Gasteiger partial charge in [0.05, 0.1) is 35.8 Å². The summed E-state index contributed by atoms with van der Waals surface area (Å²) in [5.74, 6) is -1.71. The number of hydrogen-bond acceptors (Lipinski definition) is 6. The standard InChI is InChI=1S/C20H32N2O5S/c1-4-7-10-21-17(24)16-20-9-8-13(28-20)14(19(26)27-6-3)15(20)18(25)22(16)12(5-2)11-23/h12-16,23H,4-11H2,1-3H3,(H,21,24)/t12-,13+,14-,15-,16?,20?/m0/s1. The van der Waals surface area contributed by atoms with E-state index in [1.165, 1.54) is 0 Å². The summed E-state index contributed by atoms with van der Waals surface area (Å²) in [5.41, 5.74) is 0. The van der Waals surface area contributed by atoms with Gasteiger partial charge in [-0.2, -0.15) is 0 Å². The number of ether oxygens (including phenoxy) is 1. The highest BCUT2D eigenvalue weighted by molar-refractivity contribution is 8.02. The van der Waals surface area contributed by atoms with Crippen LogP contribution in [0.15, 0.2) is 0 Å². The van der Waals surface area contributed by atoms with E-state index in [1.54, 1.807) is 23.6 Å². The average Bonchev–Trinajstić information content (AvgIpc) is 3.31. The van der Waals surface area contributed by atoms with E-state index in [-0.39, 0.29) is 36.2 Å². The number of nitrogens with one attached hydrogen (secondary N) is 1. The van der Waals surface area contributed by atoms with E-state index in [4.69, 9.17) is 4.74 Å². The average molecular weight is 413 g/mol. The molecule has 3 fully saturated rings. The number of aliphatic hydroxyl groups excluding tert-OH is 1. The molecule has 3 saturated heterocycles. The molecule has 3 heterocycles. The van der Waals surface area contributed by atoms with Crippen LogP contribution in [0.2, 0.25) is 0 Å². The molecule has 0 aromatic carbocycles. The molecule has 2 unspecified atom stereocenters. The number of carbonyl (C=O) groups is 3. The number of carbonyl (C=O) groups excluding carboxylic acids is 3. The van der Waals surface area contributed by atoms with E-state index in [0.717, 1.165) is 25.7 Å². The minimum atomic E-state index is -0.645. The zero-order valence-electron chi connectivity index (χ0n) is 17.0. The largest absolute Gasteiger partial charge is 0.466 e. The first-order valence-electron chi connectivity index (χ1n) is 10.5. The second-order valence-corrected chi connectivity index (χ2v) is 9.54. The predicted molar refractivity (Wildman–Crippen MR) is 107 cm³/mol. The number of fused-ring (bicyclic) bond motifs is 1. The van der Waals surface area contributed by atoms with Gasteiger partial charge in [-0.05, 0) is 32.6 Å². The number of amides is 2. The Kier molecular flexibility index (Phi) is 6.59. The van der Waals surface area contributed by atoms with Crippen molar-refractivity contribution in [1.82, 2.24) is 10.2 Å². The van der Waals surface area contributed by atoms with Crippen LogP contribution in [0.1, 0.15) is 52.9 Å². The second kappa shape index (κ2) is 8.61. The number of aliphatic hydroxyl groups is 1. The van der Waals surface area contributed by atoms with Crippen molar-refractivity contribution in [3.8, 4) is 0 Å². The highest BCUT2D eigenvalue weighted by Gasteiger charge is 2.74. The minimum absolute atomic E-state index is 0.0234. The fraction of sp³-hybridized carbons (Fsp3) is 0.850. The number of likely N-dealkylation sites (tertiary alicyclic amines) is 1. The fourth-order valence-electron chi connectivity index (χ4n) is 5.19. The van der Waals surface area contributed by atoms with E-state index in [9.17, 15) is 19.5 Å². The minimum Gasteiger partial charge on any atom is -0.466 e. The normalized spacial score (nSPS) is 34.4. The van der Waals surface area contributed by atoms with Gasteiger partial charge in [-0.1, -0.05) is 20.3 Å². The molecule has 28 heavy (non-hydrogen) atoms. The molecule has 2 bridgehead atoms. The molecule has 3 aliphatic rings. The molecular weight excluding hydrogens is 380 g/mol. The molecule has 2 amide bonds. The van der Waals surface area contributed by atoms with Crippen LogP contribution in [-0.4, -0.2) is 69.6 Å². The van der Waals surface area contributed by atoms with Crippen LogP contribution < -0.4 is 5.32 Å². The Morgan fingerprint density at radius 1 is 1.39 bits per heavy atom. The van der Waals surface area contributed by atoms with Crippen LogP contribution in [0.5, 0.6) is 0 Å². The van der Waals surface area contributed by atoms with Crippen molar-refractivity contribution in [2.24, 2.45) is 11.8 Å². The lowest BCUT2D eigenvalue weighted by Gasteiger charge is -2.36. The summed E-state index contributed by atoms with van der Waals surface area (Å²) in [7, 11) is 0. The van der Waals surface area contributed by atoms with Gasteiger partial charge in [-0.15, -0.1) is 11.8 Å². The molecule has 158 valence electrons. The Labute approximate surface area is 170 Å². The van der Waals surface area contributed by atoms with Gasteiger partial charge in [0, 0.05) is 11.8 Å². The van der Waals surface area contributed by atoms with Crippen molar-refractivity contribution in [2.75, 3.05) is 19.8 Å². The molecule has 0 saturated carbocycles. The third-order valence-electron chi connectivity index (χ3n) is 6.45. The van der Waals surface area contributed by atoms with Gasteiger partial charge in [0.2, 0.25) is 11.8 Å². The maximum Gasteiger partial charge on any atom is 0.310 e. The van der Waals surface area contributed by atoms with Crippen molar-refractivity contribution < 1.29 is 24.2 Å². The van der Waals surface area contributed by atoms with Gasteiger partial charge >= 0.3 is 5.97 Å². The number of thioether (sulfide) groups is 1. The molecule has 0 aromatic heterocycles. The molecular formula is C20H32N2O5S. The Hall–Kier alpha value is -1.28. The Morgan fingerprint density at radius 3 is 2.75 bits per heavy atom. The van der Waals surface area contributed by atoms with Gasteiger partial charge in [-0.3, -0.25) is 14.4 Å². The summed E-state index contributed by atoms with van der Waals surface area (Å²) in [4.78, 5) is 41.0. The molecule has 8 heteroatoms. The first kappa shape index (κ1) is 21.4. The Morgan fingerprint density at radius 2 is 2.14 bits per heavy atom. The van der Waals surface area contributed by atoms with Gasteiger partial charge in [-0.25, -0.2) is 0 Å². The van der Waals surface area contributed by atoms with Crippen molar-refractivity contribution >= 4 is 29.5 Å². The summed E-state index contributed by atoms with van der Waals surface area (Å²) in [5, 5.41) is 12.9. The Bertz CT molecular complexity index is 626. The molecule has 0 radical (unpaired) electrons. The van der Waals surface area contributed by atoms with Gasteiger partial charge in [0.25, 0.3) is 0 Å². The van der Waals surface area contributed by atoms with Crippen LogP contribution in [0.3, 0.4) is 0 Å². The lowest BCUT2D eigenvalue weighted by molar-refractivity contribution is -0.154. The lowest BCUT2D eigenvalue weighted by atomic mass is 9.71. The molecule has 0 aliphatic carbocycles. The maximum absolute atomic E-state index is 13.5. The molecule has 7 nitrogen and oxygen atoms in total. The van der Waals surface area contributed by atoms with Crippen LogP contribution in [0, 0.1) is 11.8 Å². The third kappa shape index (κ3) is 3.22. The highest BCUT2D eigenvalue weighted by atomic mass is 32.2. The molecule has 2 N–H and O–H groups in total. The number of hydrogen-bond donors (Lipinski definition) is 2. The quantitative estimate of drug-likeness (QED) is 0.438. The van der Waals surface area contributed by atoms with Crippen molar-refractivity contribution in [1.29, 1.82) is 0 Å².